The molecule has 0 bridgehead atoms. The molecule has 0 heterocycles. The molecule has 0 aliphatic heterocycles. The zero-order chi connectivity index (χ0) is 22.1. The van der Waals surface area contributed by atoms with Gasteiger partial charge < -0.3 is 24.3 Å². The molecule has 2 aromatic carbocycles. The molecule has 0 aromatic heterocycles. The number of hydrogen-bond acceptors (Lipinski definition) is 8. The molecule has 30 heavy (non-hydrogen) atoms. The van der Waals surface area contributed by atoms with Crippen LogP contribution in [0.5, 0.6) is 17.2 Å². The molecule has 0 aliphatic carbocycles. The van der Waals surface area contributed by atoms with Crippen LogP contribution in [0.1, 0.15) is 13.8 Å². The van der Waals surface area contributed by atoms with E-state index in [-0.39, 0.29) is 17.1 Å². The van der Waals surface area contributed by atoms with Crippen LogP contribution < -0.4 is 19.5 Å². The molecule has 1 amide bonds. The topological polar surface area (TPSA) is 126 Å². The lowest BCUT2D eigenvalue weighted by molar-refractivity contribution is -0.384. The average molecular weight is 418 g/mol. The maximum Gasteiger partial charge on any atom is 0.344 e. The summed E-state index contributed by atoms with van der Waals surface area (Å²) in [6.45, 7) is 3.38. The van der Waals surface area contributed by atoms with Gasteiger partial charge in [0.15, 0.2) is 12.7 Å². The van der Waals surface area contributed by atoms with Gasteiger partial charge in [0.2, 0.25) is 0 Å². The van der Waals surface area contributed by atoms with E-state index >= 15 is 0 Å². The minimum atomic E-state index is -1.16. The summed E-state index contributed by atoms with van der Waals surface area (Å²) >= 11 is 0. The lowest BCUT2D eigenvalue weighted by atomic mass is 10.2. The van der Waals surface area contributed by atoms with Crippen molar-refractivity contribution in [1.82, 2.24) is 0 Å². The van der Waals surface area contributed by atoms with Crippen molar-refractivity contribution in [3.63, 3.8) is 0 Å². The number of nitrogens with one attached hydrogen (secondary N) is 1. The Labute approximate surface area is 172 Å². The van der Waals surface area contributed by atoms with Gasteiger partial charge in [-0.1, -0.05) is 0 Å². The largest absolute Gasteiger partial charge is 0.495 e. The molecule has 1 atom stereocenters. The number of ether oxygens (including phenoxy) is 4. The van der Waals surface area contributed by atoms with Gasteiger partial charge in [-0.15, -0.1) is 0 Å². The standard InChI is InChI=1S/C20H22N2O8/c1-4-28-15-6-8-16(9-7-15)29-12-19(23)30-13(2)20(24)21-17-11-14(22(25)26)5-10-18(17)27-3/h5-11,13H,4,12H2,1-3H3,(H,21,24)/t13-/m1/s1. The van der Waals surface area contributed by atoms with Crippen LogP contribution in [0.2, 0.25) is 0 Å². The molecular formula is C20H22N2O8. The van der Waals surface area contributed by atoms with Crippen molar-refractivity contribution in [1.29, 1.82) is 0 Å². The smallest absolute Gasteiger partial charge is 0.344 e. The average Bonchev–Trinajstić information content (AvgIpc) is 2.73. The highest BCUT2D eigenvalue weighted by Gasteiger charge is 2.21. The predicted molar refractivity (Wildman–Crippen MR) is 107 cm³/mol. The van der Waals surface area contributed by atoms with Gasteiger partial charge in [0.25, 0.3) is 11.6 Å². The molecule has 160 valence electrons. The predicted octanol–water partition coefficient (Wildman–Crippen LogP) is 2.95. The number of non-ortho nitro benzene ring substituents is 1. The van der Waals surface area contributed by atoms with Gasteiger partial charge in [-0.3, -0.25) is 14.9 Å². The highest BCUT2D eigenvalue weighted by molar-refractivity contribution is 5.96. The molecule has 10 heteroatoms. The van der Waals surface area contributed by atoms with Gasteiger partial charge in [-0.2, -0.15) is 0 Å². The highest BCUT2D eigenvalue weighted by Crippen LogP contribution is 2.29. The van der Waals surface area contributed by atoms with Gasteiger partial charge in [0.05, 0.1) is 24.3 Å². The first-order valence-corrected chi connectivity index (χ1v) is 9.02. The number of anilines is 1. The molecule has 0 fully saturated rings. The van der Waals surface area contributed by atoms with E-state index in [1.165, 1.54) is 26.2 Å². The number of amides is 1. The summed E-state index contributed by atoms with van der Waals surface area (Å²) in [5.74, 6) is -0.0878. The number of benzene rings is 2. The molecule has 0 saturated carbocycles. The van der Waals surface area contributed by atoms with Crippen molar-refractivity contribution in [2.75, 3.05) is 25.6 Å². The monoisotopic (exact) mass is 418 g/mol. The van der Waals surface area contributed by atoms with Crippen LogP contribution >= 0.6 is 0 Å². The Kier molecular flexibility index (Phi) is 7.98. The zero-order valence-corrected chi connectivity index (χ0v) is 16.7. The number of carbonyl (C=O) groups excluding carboxylic acids is 2. The van der Waals surface area contributed by atoms with Crippen LogP contribution in [0, 0.1) is 10.1 Å². The van der Waals surface area contributed by atoms with Crippen molar-refractivity contribution in [3.05, 3.63) is 52.6 Å². The van der Waals surface area contributed by atoms with E-state index in [0.717, 1.165) is 6.07 Å². The van der Waals surface area contributed by atoms with Gasteiger partial charge in [0.1, 0.15) is 17.2 Å². The van der Waals surface area contributed by atoms with E-state index in [1.807, 2.05) is 6.92 Å². The number of rotatable bonds is 10. The maximum absolute atomic E-state index is 12.3. The Morgan fingerprint density at radius 1 is 1.10 bits per heavy atom. The summed E-state index contributed by atoms with van der Waals surface area (Å²) in [7, 11) is 1.36. The third-order valence-electron chi connectivity index (χ3n) is 3.82. The van der Waals surface area contributed by atoms with Crippen molar-refractivity contribution in [2.45, 2.75) is 20.0 Å². The van der Waals surface area contributed by atoms with Crippen molar-refractivity contribution < 1.29 is 33.5 Å². The molecule has 0 radical (unpaired) electrons. The van der Waals surface area contributed by atoms with Crippen molar-refractivity contribution >= 4 is 23.3 Å². The normalized spacial score (nSPS) is 11.2. The number of nitro groups is 1. The molecular weight excluding hydrogens is 396 g/mol. The SMILES string of the molecule is CCOc1ccc(OCC(=O)O[C@H](C)C(=O)Nc2cc([N+](=O)[O-])ccc2OC)cc1. The summed E-state index contributed by atoms with van der Waals surface area (Å²) < 4.78 is 20.8. The summed E-state index contributed by atoms with van der Waals surface area (Å²) in [4.78, 5) is 34.6. The van der Waals surface area contributed by atoms with E-state index in [9.17, 15) is 19.7 Å². The van der Waals surface area contributed by atoms with E-state index in [4.69, 9.17) is 18.9 Å². The van der Waals surface area contributed by atoms with Crippen LogP contribution in [0.3, 0.4) is 0 Å². The fraction of sp³-hybridized carbons (Fsp3) is 0.300. The lowest BCUT2D eigenvalue weighted by Gasteiger charge is -2.15. The van der Waals surface area contributed by atoms with Gasteiger partial charge >= 0.3 is 5.97 Å². The highest BCUT2D eigenvalue weighted by atomic mass is 16.6. The molecule has 0 unspecified atom stereocenters. The van der Waals surface area contributed by atoms with Gasteiger partial charge in [0, 0.05) is 12.1 Å². The molecule has 1 N–H and O–H groups in total. The van der Waals surface area contributed by atoms with Crippen molar-refractivity contribution in [2.24, 2.45) is 0 Å². The second-order valence-electron chi connectivity index (χ2n) is 5.96. The number of esters is 1. The van der Waals surface area contributed by atoms with E-state index in [1.54, 1.807) is 24.3 Å². The van der Waals surface area contributed by atoms with E-state index in [2.05, 4.69) is 5.32 Å². The third kappa shape index (κ3) is 6.36. The van der Waals surface area contributed by atoms with Crippen LogP contribution in [0.15, 0.2) is 42.5 Å². The van der Waals surface area contributed by atoms with E-state index in [0.29, 0.717) is 18.1 Å². The number of nitro benzene ring substituents is 1. The Morgan fingerprint density at radius 2 is 1.73 bits per heavy atom. The van der Waals surface area contributed by atoms with Crippen LogP contribution in [-0.4, -0.2) is 43.2 Å². The fourth-order valence-electron chi connectivity index (χ4n) is 2.37. The molecule has 10 nitrogen and oxygen atoms in total. The quantitative estimate of drug-likeness (QED) is 0.354. The minimum absolute atomic E-state index is 0.0882. The Hall–Kier alpha value is -3.82. The van der Waals surface area contributed by atoms with Gasteiger partial charge in [-0.05, 0) is 44.2 Å². The molecule has 0 saturated heterocycles. The molecule has 2 aromatic rings. The number of methoxy groups -OCH3 is 1. The summed E-state index contributed by atoms with van der Waals surface area (Å²) in [5.41, 5.74) is -0.134. The Balaban J connectivity index is 1.89. The number of nitrogens with zero attached hydrogens (tertiary/aromatic N) is 1. The second kappa shape index (κ2) is 10.6. The zero-order valence-electron chi connectivity index (χ0n) is 16.7. The van der Waals surface area contributed by atoms with E-state index < -0.39 is 29.5 Å². The van der Waals surface area contributed by atoms with Crippen LogP contribution in [0.25, 0.3) is 0 Å². The summed E-state index contributed by atoms with van der Waals surface area (Å²) in [6.07, 6.45) is -1.16. The Morgan fingerprint density at radius 3 is 2.30 bits per heavy atom. The van der Waals surface area contributed by atoms with Crippen LogP contribution in [0.4, 0.5) is 11.4 Å². The summed E-state index contributed by atoms with van der Waals surface area (Å²) in [5, 5.41) is 13.4. The first-order valence-electron chi connectivity index (χ1n) is 9.02. The first-order chi connectivity index (χ1) is 14.3. The number of hydrogen-bond donors (Lipinski definition) is 1. The van der Waals surface area contributed by atoms with Crippen molar-refractivity contribution in [3.8, 4) is 17.2 Å². The minimum Gasteiger partial charge on any atom is -0.495 e. The Bertz CT molecular complexity index is 898. The van der Waals surface area contributed by atoms with Gasteiger partial charge in [-0.25, -0.2) is 4.79 Å². The third-order valence-corrected chi connectivity index (χ3v) is 3.82. The molecule has 2 rings (SSSR count). The summed E-state index contributed by atoms with van der Waals surface area (Å²) in [6, 6.07) is 10.4. The number of carbonyl (C=O) groups is 2. The molecule has 0 spiro atoms. The molecule has 0 aliphatic rings. The fourth-order valence-corrected chi connectivity index (χ4v) is 2.37. The maximum atomic E-state index is 12.3. The second-order valence-corrected chi connectivity index (χ2v) is 5.96. The lowest BCUT2D eigenvalue weighted by Crippen LogP contribution is -2.31. The van der Waals surface area contributed by atoms with Crippen LogP contribution in [-0.2, 0) is 14.3 Å². The first kappa shape index (κ1) is 22.5.